The third-order valence-corrected chi connectivity index (χ3v) is 1.77. The molecule has 0 saturated heterocycles. The third kappa shape index (κ3) is 0.677. The van der Waals surface area contributed by atoms with E-state index in [-0.39, 0.29) is 6.10 Å². The van der Waals surface area contributed by atoms with Gasteiger partial charge in [0, 0.05) is 0 Å². The van der Waals surface area contributed by atoms with Gasteiger partial charge in [0.1, 0.15) is 0 Å². The fourth-order valence-electron chi connectivity index (χ4n) is 1.23. The lowest BCUT2D eigenvalue weighted by molar-refractivity contribution is 0.232. The Balaban J connectivity index is 2.59. The molecule has 1 atom stereocenters. The van der Waals surface area contributed by atoms with Crippen LogP contribution in [-0.4, -0.2) is 5.11 Å². The number of aliphatic hydroxyl groups excluding tert-OH is 1. The largest absolute Gasteiger partial charge is 0.384 e. The van der Waals surface area contributed by atoms with E-state index in [1.54, 1.807) is 6.08 Å². The van der Waals surface area contributed by atoms with Crippen molar-refractivity contribution in [3.05, 3.63) is 41.5 Å². The van der Waals surface area contributed by atoms with Gasteiger partial charge in [-0.15, -0.1) is 0 Å². The van der Waals surface area contributed by atoms with E-state index >= 15 is 0 Å². The van der Waals surface area contributed by atoms with Crippen molar-refractivity contribution < 1.29 is 5.11 Å². The number of benzene rings is 1. The van der Waals surface area contributed by atoms with E-state index in [0.717, 1.165) is 11.1 Å². The zero-order chi connectivity index (χ0) is 6.97. The van der Waals surface area contributed by atoms with E-state index in [4.69, 9.17) is 0 Å². The first-order valence-corrected chi connectivity index (χ1v) is 3.33. The standard InChI is InChI=1S/C9H8O/c10-9-6-5-7-3-1-2-4-8(7)9/h1-6,9-10H/t9-/m1/s1. The van der Waals surface area contributed by atoms with Crippen LogP contribution in [0.1, 0.15) is 17.2 Å². The van der Waals surface area contributed by atoms with Crippen molar-refractivity contribution in [1.29, 1.82) is 0 Å². The Hall–Kier alpha value is -1.08. The molecule has 0 radical (unpaired) electrons. The third-order valence-electron chi connectivity index (χ3n) is 1.77. The summed E-state index contributed by atoms with van der Waals surface area (Å²) in [7, 11) is 0. The van der Waals surface area contributed by atoms with Crippen LogP contribution >= 0.6 is 0 Å². The second-order valence-corrected chi connectivity index (χ2v) is 2.43. The van der Waals surface area contributed by atoms with E-state index in [1.807, 2.05) is 30.3 Å². The molecule has 1 heteroatoms. The fraction of sp³-hybridized carbons (Fsp3) is 0.111. The molecule has 0 fully saturated rings. The summed E-state index contributed by atoms with van der Waals surface area (Å²) in [5.74, 6) is 0. The molecule has 0 spiro atoms. The highest BCUT2D eigenvalue weighted by Crippen LogP contribution is 2.26. The first kappa shape index (κ1) is 5.69. The molecule has 50 valence electrons. The Bertz CT molecular complexity index is 276. The lowest BCUT2D eigenvalue weighted by Gasteiger charge is -2.00. The van der Waals surface area contributed by atoms with Crippen molar-refractivity contribution >= 4 is 6.08 Å². The average molecular weight is 132 g/mol. The van der Waals surface area contributed by atoms with Gasteiger partial charge in [-0.3, -0.25) is 0 Å². The number of rotatable bonds is 0. The highest BCUT2D eigenvalue weighted by molar-refractivity contribution is 5.61. The summed E-state index contributed by atoms with van der Waals surface area (Å²) >= 11 is 0. The normalized spacial score (nSPS) is 21.1. The quantitative estimate of drug-likeness (QED) is 0.570. The maximum Gasteiger partial charge on any atom is 0.0980 e. The fourth-order valence-corrected chi connectivity index (χ4v) is 1.23. The van der Waals surface area contributed by atoms with Gasteiger partial charge in [0.25, 0.3) is 0 Å². The van der Waals surface area contributed by atoms with E-state index in [0.29, 0.717) is 0 Å². The molecule has 1 N–H and O–H groups in total. The zero-order valence-corrected chi connectivity index (χ0v) is 5.49. The molecule has 1 aromatic carbocycles. The summed E-state index contributed by atoms with van der Waals surface area (Å²) in [6, 6.07) is 7.86. The van der Waals surface area contributed by atoms with Gasteiger partial charge in [0.2, 0.25) is 0 Å². The highest BCUT2D eigenvalue weighted by Gasteiger charge is 2.11. The molecule has 0 amide bonds. The molecule has 0 aliphatic heterocycles. The van der Waals surface area contributed by atoms with Crippen molar-refractivity contribution in [1.82, 2.24) is 0 Å². The Morgan fingerprint density at radius 2 is 2.00 bits per heavy atom. The van der Waals surface area contributed by atoms with Crippen LogP contribution in [0.4, 0.5) is 0 Å². The van der Waals surface area contributed by atoms with Crippen LogP contribution in [0, 0.1) is 0 Å². The van der Waals surface area contributed by atoms with Crippen molar-refractivity contribution in [2.45, 2.75) is 6.10 Å². The van der Waals surface area contributed by atoms with Gasteiger partial charge in [0.05, 0.1) is 6.10 Å². The van der Waals surface area contributed by atoms with Crippen molar-refractivity contribution in [3.63, 3.8) is 0 Å². The molecule has 1 aliphatic rings. The van der Waals surface area contributed by atoms with Crippen LogP contribution in [0.15, 0.2) is 30.3 Å². The second-order valence-electron chi connectivity index (χ2n) is 2.43. The number of fused-ring (bicyclic) bond motifs is 1. The first-order valence-electron chi connectivity index (χ1n) is 3.33. The molecule has 1 aromatic rings. The van der Waals surface area contributed by atoms with Gasteiger partial charge in [-0.05, 0) is 11.1 Å². The predicted octanol–water partition coefficient (Wildman–Crippen LogP) is 1.75. The van der Waals surface area contributed by atoms with Gasteiger partial charge in [-0.2, -0.15) is 0 Å². The Morgan fingerprint density at radius 1 is 1.20 bits per heavy atom. The maximum atomic E-state index is 9.29. The van der Waals surface area contributed by atoms with Gasteiger partial charge < -0.3 is 5.11 Å². The molecular weight excluding hydrogens is 124 g/mol. The molecule has 10 heavy (non-hydrogen) atoms. The highest BCUT2D eigenvalue weighted by atomic mass is 16.3. The van der Waals surface area contributed by atoms with E-state index in [2.05, 4.69) is 0 Å². The molecule has 0 aromatic heterocycles. The molecule has 1 aliphatic carbocycles. The minimum Gasteiger partial charge on any atom is -0.384 e. The zero-order valence-electron chi connectivity index (χ0n) is 5.49. The van der Waals surface area contributed by atoms with E-state index < -0.39 is 0 Å². The Kier molecular flexibility index (Phi) is 1.11. The van der Waals surface area contributed by atoms with Crippen molar-refractivity contribution in [3.8, 4) is 0 Å². The first-order chi connectivity index (χ1) is 4.88. The number of hydrogen-bond acceptors (Lipinski definition) is 1. The Morgan fingerprint density at radius 3 is 2.80 bits per heavy atom. The topological polar surface area (TPSA) is 20.2 Å². The lowest BCUT2D eigenvalue weighted by atomic mass is 10.1. The summed E-state index contributed by atoms with van der Waals surface area (Å²) < 4.78 is 0. The number of aliphatic hydroxyl groups is 1. The average Bonchev–Trinajstić information content (AvgIpc) is 2.34. The predicted molar refractivity (Wildman–Crippen MR) is 40.4 cm³/mol. The minimum atomic E-state index is -0.379. The van der Waals surface area contributed by atoms with Crippen molar-refractivity contribution in [2.24, 2.45) is 0 Å². The van der Waals surface area contributed by atoms with Crippen LogP contribution in [-0.2, 0) is 0 Å². The van der Waals surface area contributed by atoms with Crippen LogP contribution in [0.2, 0.25) is 0 Å². The molecule has 0 unspecified atom stereocenters. The minimum absolute atomic E-state index is 0.379. The van der Waals surface area contributed by atoms with Gasteiger partial charge in [-0.25, -0.2) is 0 Å². The molecule has 0 bridgehead atoms. The van der Waals surface area contributed by atoms with E-state index in [1.165, 1.54) is 0 Å². The molecule has 2 rings (SSSR count). The Labute approximate surface area is 59.6 Å². The van der Waals surface area contributed by atoms with Gasteiger partial charge in [-0.1, -0.05) is 36.4 Å². The monoisotopic (exact) mass is 132 g/mol. The SMILES string of the molecule is O[C@@H]1C=Cc2ccccc21. The van der Waals surface area contributed by atoms with Gasteiger partial charge in [0.15, 0.2) is 0 Å². The van der Waals surface area contributed by atoms with E-state index in [9.17, 15) is 5.11 Å². The summed E-state index contributed by atoms with van der Waals surface area (Å²) in [4.78, 5) is 0. The summed E-state index contributed by atoms with van der Waals surface area (Å²) in [5, 5.41) is 9.29. The molecule has 0 saturated carbocycles. The smallest absolute Gasteiger partial charge is 0.0980 e. The summed E-state index contributed by atoms with van der Waals surface area (Å²) in [6.45, 7) is 0. The van der Waals surface area contributed by atoms with Gasteiger partial charge >= 0.3 is 0 Å². The second kappa shape index (κ2) is 1.96. The van der Waals surface area contributed by atoms with Crippen LogP contribution < -0.4 is 0 Å². The molecule has 1 nitrogen and oxygen atoms in total. The van der Waals surface area contributed by atoms with Crippen LogP contribution in [0.3, 0.4) is 0 Å². The van der Waals surface area contributed by atoms with Crippen LogP contribution in [0.5, 0.6) is 0 Å². The summed E-state index contributed by atoms with van der Waals surface area (Å²) in [6.07, 6.45) is 3.36. The summed E-state index contributed by atoms with van der Waals surface area (Å²) in [5.41, 5.74) is 2.15. The lowest BCUT2D eigenvalue weighted by Crippen LogP contribution is -1.88. The molecular formula is C9H8O. The van der Waals surface area contributed by atoms with Crippen molar-refractivity contribution in [2.75, 3.05) is 0 Å². The maximum absolute atomic E-state index is 9.29. The number of hydrogen-bond donors (Lipinski definition) is 1. The van der Waals surface area contributed by atoms with Crippen LogP contribution in [0.25, 0.3) is 6.08 Å². The molecule has 0 heterocycles.